The first kappa shape index (κ1) is 113. The Balaban J connectivity index is 0.000000186. The van der Waals surface area contributed by atoms with Crippen LogP contribution in [0.15, 0.2) is 243 Å². The lowest BCUT2D eigenvalue weighted by molar-refractivity contribution is -0.0756. The predicted octanol–water partition coefficient (Wildman–Crippen LogP) is 12.9. The number of carbonyl (C=O) groups is 6. The number of aryl methyl sites for hydroxylation is 6. The zero-order chi connectivity index (χ0) is 106. The highest BCUT2D eigenvalue weighted by Crippen LogP contribution is 2.29. The predicted molar refractivity (Wildman–Crippen MR) is 559 cm³/mol. The molecule has 15 aromatic rings. The molecule has 1 amide bonds. The number of H-pyrrole nitrogens is 1. The van der Waals surface area contributed by atoms with Crippen LogP contribution < -0.4 is 60.4 Å². The molecule has 145 heavy (non-hydrogen) atoms. The zero-order valence-corrected chi connectivity index (χ0v) is 88.5. The van der Waals surface area contributed by atoms with E-state index in [1.54, 1.807) is 47.4 Å². The minimum Gasteiger partial charge on any atom is -0.477 e. The molecule has 1 aliphatic heterocycles. The Morgan fingerprint density at radius 1 is 0.503 bits per heavy atom. The van der Waals surface area contributed by atoms with Crippen molar-refractivity contribution in [3.05, 3.63) is 382 Å². The van der Waals surface area contributed by atoms with Gasteiger partial charge < -0.3 is 44.2 Å². The number of esters is 2. The number of aromatic carboxylic acids is 1. The second-order valence-corrected chi connectivity index (χ2v) is 35.4. The largest absolute Gasteiger partial charge is 0.477 e. The summed E-state index contributed by atoms with van der Waals surface area (Å²) in [6.07, 6.45) is 12.3. The van der Waals surface area contributed by atoms with Gasteiger partial charge in [-0.3, -0.25) is 62.6 Å². The Bertz CT molecular complexity index is 7910. The SMILES string of the molecule is CCOC(=O)c1cc2c(n(C)c1=O)C(=O)CN=C2.CCOC(=O)c1cc2cnnc(Cl)c2n(C)c1=O.CNc1c(Br)cnn(Cc2ccc(C)cc2)c1=O.CNc1c(C(=O)N(C)OC)cnn(Cc2ccc(C)cc2)c1=O.CNc1c(C=O)cnn(Cc2ccc(C)cc2)c1=O.Cc1ccc(Cn2ncc(Br)c(Br)c2=O)cc1.Cn1c(=O)c(C(=O)O)cc2cnnc(-c3ccc(F)cc3F)c21.O=c1[nH]ncc(Br)c1Br. The minimum atomic E-state index is -1.38. The molecule has 10 aromatic heterocycles. The molecule has 5 aromatic carbocycles. The number of amides is 1. The summed E-state index contributed by atoms with van der Waals surface area (Å²) in [7, 11) is 12.1. The van der Waals surface area contributed by atoms with Crippen LogP contribution in [-0.2, 0) is 61.6 Å². The maximum atomic E-state index is 14.0. The molecule has 0 radical (unpaired) electrons. The van der Waals surface area contributed by atoms with E-state index in [0.717, 1.165) is 55.1 Å². The normalized spacial score (nSPS) is 10.8. The summed E-state index contributed by atoms with van der Waals surface area (Å²) in [6, 6.07) is 38.7. The van der Waals surface area contributed by atoms with Gasteiger partial charge in [-0.2, -0.15) is 35.7 Å². The summed E-state index contributed by atoms with van der Waals surface area (Å²) >= 11 is 21.8. The first-order chi connectivity index (χ1) is 69.0. The van der Waals surface area contributed by atoms with Crippen LogP contribution in [-0.4, -0.2) is 191 Å². The number of Topliss-reactive ketones (excluding diaryl/α,β-unsaturated/α-hetero) is 1. The molecule has 0 spiro atoms. The number of nitrogens with one attached hydrogen (secondary N) is 4. The highest BCUT2D eigenvalue weighted by molar-refractivity contribution is 9.13. The molecule has 48 heteroatoms. The van der Waals surface area contributed by atoms with Gasteiger partial charge in [0.2, 0.25) is 5.78 Å². The first-order valence-electron chi connectivity index (χ1n) is 43.0. The number of halogens is 8. The van der Waals surface area contributed by atoms with Crippen LogP contribution in [0, 0.1) is 39.3 Å². The summed E-state index contributed by atoms with van der Waals surface area (Å²) in [4.78, 5) is 173. The van der Waals surface area contributed by atoms with Crippen molar-refractivity contribution < 1.29 is 57.0 Å². The summed E-state index contributed by atoms with van der Waals surface area (Å²) in [5, 5.41) is 56.5. The van der Waals surface area contributed by atoms with E-state index < -0.39 is 57.7 Å². The number of hydroxylamine groups is 2. The quantitative estimate of drug-likeness (QED) is 0.0269. The number of ketones is 1. The van der Waals surface area contributed by atoms with Crippen LogP contribution >= 0.6 is 91.3 Å². The molecule has 0 atom stereocenters. The topological polar surface area (TPSA) is 505 Å². The van der Waals surface area contributed by atoms with Crippen molar-refractivity contribution >= 4 is 172 Å². The van der Waals surface area contributed by atoms with Gasteiger partial charge in [0.1, 0.15) is 62.1 Å². The molecule has 16 rings (SSSR count). The highest BCUT2D eigenvalue weighted by Gasteiger charge is 2.27. The number of aliphatic imine (C=N–C) groups is 1. The van der Waals surface area contributed by atoms with E-state index in [-0.39, 0.29) is 115 Å². The molecular weight excluding hydrogens is 2230 g/mol. The van der Waals surface area contributed by atoms with E-state index in [9.17, 15) is 75.9 Å². The van der Waals surface area contributed by atoms with Gasteiger partial charge in [-0.05, 0) is 174 Å². The summed E-state index contributed by atoms with van der Waals surface area (Å²) < 4.78 is 48.7. The number of aromatic amines is 1. The van der Waals surface area contributed by atoms with Crippen molar-refractivity contribution in [2.75, 3.05) is 71.0 Å². The van der Waals surface area contributed by atoms with E-state index in [2.05, 4.69) is 152 Å². The second kappa shape index (κ2) is 53.2. The van der Waals surface area contributed by atoms with Crippen LogP contribution in [0.5, 0.6) is 0 Å². The van der Waals surface area contributed by atoms with Gasteiger partial charge in [0.25, 0.3) is 50.4 Å². The summed E-state index contributed by atoms with van der Waals surface area (Å²) in [5.74, 6) is -5.01. The number of carboxylic acid groups (broad SMARTS) is 1. The molecular formula is C97H92Br5ClF2N22O18. The Labute approximate surface area is 869 Å². The number of hydrogen-bond donors (Lipinski definition) is 5. The Morgan fingerprint density at radius 3 is 1.40 bits per heavy atom. The second-order valence-electron chi connectivity index (χ2n) is 30.9. The standard InChI is InChI=1S/C16H20N4O3.C15H9F2N3O3.C14H15N3O2.C13H14BrN3O.C12H10Br2N2O.C12H12N2O4.C11H10ClN3O3.C4H2Br2N2O/c1-11-5-7-12(8-6-11)10-20-16(22)14(17-2)13(9-18-20)15(21)19(3)23-4;1-20-13-7(4-10(14(20)21)15(22)23)6-18-19-12(13)9-3-2-8(16)5-11(9)17;1-10-3-5-11(6-4-10)8-17-14(19)13(15-2)12(9-18)7-16-17;1-9-3-5-10(6-4-9)8-17-13(18)12(15-2)11(14)7-16-17;1-8-2-4-9(5-3-8)7-16-12(17)11(14)10(13)6-15-16;1-3-18-12(17)8-4-7-5-13-6-9(15)10(7)14(2)11(8)16;1-3-18-11(17)7-4-6-5-13-14-9(12)8(6)15(2)10(7)16;5-2-1-7-8-4(9)3(2)6/h5-9,17H,10H2,1-4H3;2-6H,1H3,(H,22,23);3-7,9,15H,8H2,1-2H3;3-7,15H,8H2,1-2H3;2-6H,7H2,1H3;4-5H,3,6H2,1-2H3;4-5H,3H2,1-2H3;1H,(H,8,9). The third-order valence-corrected chi connectivity index (χ3v) is 25.5. The molecule has 0 aliphatic carbocycles. The maximum absolute atomic E-state index is 14.0. The van der Waals surface area contributed by atoms with Gasteiger partial charge in [-0.15, -0.1) is 10.2 Å². The van der Waals surface area contributed by atoms with Crippen molar-refractivity contribution in [2.45, 2.75) is 67.7 Å². The number of fused-ring (bicyclic) bond motifs is 3. The number of ether oxygens (including phenoxy) is 2. The number of rotatable bonds is 20. The van der Waals surface area contributed by atoms with Crippen LogP contribution in [0.3, 0.4) is 0 Å². The molecule has 40 nitrogen and oxygen atoms in total. The van der Waals surface area contributed by atoms with Crippen LogP contribution in [0.4, 0.5) is 25.8 Å². The Kier molecular flexibility index (Phi) is 41.7. The summed E-state index contributed by atoms with van der Waals surface area (Å²) in [6.45, 7) is 13.5. The zero-order valence-electron chi connectivity index (χ0n) is 79.8. The fourth-order valence-corrected chi connectivity index (χ4v) is 15.1. The van der Waals surface area contributed by atoms with Gasteiger partial charge in [0, 0.05) is 83.5 Å². The van der Waals surface area contributed by atoms with Gasteiger partial charge >= 0.3 is 17.9 Å². The highest BCUT2D eigenvalue weighted by atomic mass is 79.9. The van der Waals surface area contributed by atoms with Crippen molar-refractivity contribution in [1.29, 1.82) is 0 Å². The van der Waals surface area contributed by atoms with Crippen LogP contribution in [0.1, 0.15) is 126 Å². The molecule has 5 N–H and O–H groups in total. The molecule has 1 aliphatic rings. The number of aldehydes is 1. The van der Waals surface area contributed by atoms with Crippen molar-refractivity contribution in [3.8, 4) is 11.3 Å². The van der Waals surface area contributed by atoms with Crippen LogP contribution in [0.25, 0.3) is 33.1 Å². The minimum absolute atomic E-state index is 0.0246. The Morgan fingerprint density at radius 2 is 0.931 bits per heavy atom. The number of carboxylic acids is 1. The van der Waals surface area contributed by atoms with E-state index in [4.69, 9.17) is 31.0 Å². The number of carbonyl (C=O) groups excluding carboxylic acids is 5. The van der Waals surface area contributed by atoms with E-state index in [1.165, 1.54) is 130 Å². The number of nitrogens with zero attached hydrogens (tertiary/aromatic N) is 18. The number of hydrogen-bond acceptors (Lipinski definition) is 30. The molecule has 0 fully saturated rings. The number of anilines is 3. The lowest BCUT2D eigenvalue weighted by Crippen LogP contribution is -2.32. The average molecular weight is 2330 g/mol. The molecule has 0 bridgehead atoms. The number of pyridine rings is 3. The number of aromatic nitrogens is 17. The van der Waals surface area contributed by atoms with Gasteiger partial charge in [0.05, 0.1) is 136 Å². The smallest absolute Gasteiger partial charge is 0.343 e. The van der Waals surface area contributed by atoms with Crippen LogP contribution in [0.2, 0.25) is 5.15 Å². The van der Waals surface area contributed by atoms with E-state index in [1.807, 2.05) is 125 Å². The maximum Gasteiger partial charge on any atom is 0.343 e. The fourth-order valence-electron chi connectivity index (χ4n) is 13.3. The third-order valence-electron chi connectivity index (χ3n) is 20.9. The molecule has 11 heterocycles. The summed E-state index contributed by atoms with van der Waals surface area (Å²) in [5.41, 5.74) is 8.09. The van der Waals surface area contributed by atoms with Gasteiger partial charge in [-0.1, -0.05) is 131 Å². The number of benzene rings is 5. The van der Waals surface area contributed by atoms with Gasteiger partial charge in [0.15, 0.2) is 11.4 Å². The van der Waals surface area contributed by atoms with Crippen molar-refractivity contribution in [3.63, 3.8) is 0 Å². The van der Waals surface area contributed by atoms with Crippen molar-refractivity contribution in [2.24, 2.45) is 26.1 Å². The molecule has 0 saturated carbocycles. The van der Waals surface area contributed by atoms with E-state index >= 15 is 0 Å². The van der Waals surface area contributed by atoms with Crippen molar-refractivity contribution in [1.82, 2.24) is 88.5 Å². The average Bonchev–Trinajstić information content (AvgIpc) is 0.760. The third kappa shape index (κ3) is 29.3. The monoisotopic (exact) mass is 2320 g/mol. The van der Waals surface area contributed by atoms with E-state index in [0.29, 0.717) is 88.4 Å². The molecule has 754 valence electrons. The lowest BCUT2D eigenvalue weighted by Gasteiger charge is -2.16. The lowest BCUT2D eigenvalue weighted by atomic mass is 10.1. The molecule has 0 saturated heterocycles. The Hall–Kier alpha value is -15.2. The first-order valence-corrected chi connectivity index (χ1v) is 47.3. The van der Waals surface area contributed by atoms with Gasteiger partial charge in [-0.25, -0.2) is 52.1 Å². The fraction of sp³-hybridized carbons (Fsp3) is 0.216. The molecule has 0 unspecified atom stereocenters.